The molecule has 0 amide bonds. The molecule has 0 bridgehead atoms. The van der Waals surface area contributed by atoms with Crippen molar-refractivity contribution in [3.63, 3.8) is 0 Å². The lowest BCUT2D eigenvalue weighted by atomic mass is 9.80. The van der Waals surface area contributed by atoms with E-state index in [1.807, 2.05) is 0 Å². The molecule has 0 aromatic heterocycles. The van der Waals surface area contributed by atoms with E-state index >= 15 is 0 Å². The standard InChI is InChI=1S/C68H45N/c1-5-18-46(19-6-1)54-36-40-59-63(43-54)64-44-55(53-33-32-47-20-13-14-26-52(47)42-53)37-41-60(64)68-66(61(49-21-7-2-8-22-49)45-62(67(59)68)50-23-9-3-10-24-50)51-34-38-57(39-35-51)69(56-28-11-4-12-29-56)65-31-17-27-48-25-15-16-30-58(48)65/h1-45H. The third-order valence-electron chi connectivity index (χ3n) is 14.0. The maximum atomic E-state index is 2.46. The maximum absolute atomic E-state index is 2.46. The van der Waals surface area contributed by atoms with Crippen molar-refractivity contribution in [2.45, 2.75) is 0 Å². The highest BCUT2D eigenvalue weighted by Crippen LogP contribution is 2.51. The molecule has 69 heavy (non-hydrogen) atoms. The summed E-state index contributed by atoms with van der Waals surface area (Å²) in [6, 6.07) is 100. The fourth-order valence-electron chi connectivity index (χ4n) is 10.7. The van der Waals surface area contributed by atoms with Crippen LogP contribution >= 0.6 is 0 Å². The number of para-hydroxylation sites is 1. The molecule has 0 N–H and O–H groups in total. The van der Waals surface area contributed by atoms with Crippen LogP contribution in [0.25, 0.3) is 109 Å². The van der Waals surface area contributed by atoms with Crippen molar-refractivity contribution in [1.82, 2.24) is 0 Å². The van der Waals surface area contributed by atoms with Crippen LogP contribution in [0.4, 0.5) is 17.1 Å². The highest BCUT2D eigenvalue weighted by Gasteiger charge is 2.23. The number of anilines is 3. The molecule has 0 atom stereocenters. The summed E-state index contributed by atoms with van der Waals surface area (Å²) in [7, 11) is 0. The van der Waals surface area contributed by atoms with Crippen LogP contribution in [0, 0.1) is 0 Å². The summed E-state index contributed by atoms with van der Waals surface area (Å²) < 4.78 is 0. The van der Waals surface area contributed by atoms with E-state index in [2.05, 4.69) is 278 Å². The average molecular weight is 876 g/mol. The third-order valence-corrected chi connectivity index (χ3v) is 14.0. The highest BCUT2D eigenvalue weighted by atomic mass is 15.1. The molecule has 0 unspecified atom stereocenters. The molecule has 13 aromatic carbocycles. The normalized spacial score (nSPS) is 11.5. The van der Waals surface area contributed by atoms with E-state index in [9.17, 15) is 0 Å². The minimum Gasteiger partial charge on any atom is -0.310 e. The van der Waals surface area contributed by atoms with Crippen molar-refractivity contribution in [1.29, 1.82) is 0 Å². The molecule has 0 aliphatic heterocycles. The van der Waals surface area contributed by atoms with Gasteiger partial charge >= 0.3 is 0 Å². The van der Waals surface area contributed by atoms with Crippen molar-refractivity contribution in [2.24, 2.45) is 0 Å². The Labute approximate surface area is 402 Å². The van der Waals surface area contributed by atoms with Crippen LogP contribution in [-0.2, 0) is 0 Å². The number of hydrogen-bond donors (Lipinski definition) is 0. The molecule has 0 saturated heterocycles. The van der Waals surface area contributed by atoms with Gasteiger partial charge in [0.25, 0.3) is 0 Å². The van der Waals surface area contributed by atoms with Crippen LogP contribution in [0.3, 0.4) is 0 Å². The van der Waals surface area contributed by atoms with Gasteiger partial charge in [-0.15, -0.1) is 0 Å². The summed E-state index contributed by atoms with van der Waals surface area (Å²) in [4.78, 5) is 2.39. The molecule has 1 nitrogen and oxygen atoms in total. The first kappa shape index (κ1) is 40.3. The van der Waals surface area contributed by atoms with E-state index in [4.69, 9.17) is 0 Å². The van der Waals surface area contributed by atoms with Crippen LogP contribution < -0.4 is 4.90 Å². The number of rotatable bonds is 8. The quantitative estimate of drug-likeness (QED) is 0.138. The molecular formula is C68H45N. The summed E-state index contributed by atoms with van der Waals surface area (Å²) in [5.41, 5.74) is 15.3. The van der Waals surface area contributed by atoms with E-state index < -0.39 is 0 Å². The first-order chi connectivity index (χ1) is 34.2. The lowest BCUT2D eigenvalue weighted by Crippen LogP contribution is -2.10. The summed E-state index contributed by atoms with van der Waals surface area (Å²) in [6.45, 7) is 0. The van der Waals surface area contributed by atoms with E-state index in [0.717, 1.165) is 22.6 Å². The smallest absolute Gasteiger partial charge is 0.0540 e. The van der Waals surface area contributed by atoms with Gasteiger partial charge in [0.05, 0.1) is 5.69 Å². The minimum atomic E-state index is 1.09. The summed E-state index contributed by atoms with van der Waals surface area (Å²) >= 11 is 0. The maximum Gasteiger partial charge on any atom is 0.0540 e. The zero-order valence-electron chi connectivity index (χ0n) is 37.9. The Bertz CT molecular complexity index is 4020. The summed E-state index contributed by atoms with van der Waals surface area (Å²) in [6.07, 6.45) is 0. The second kappa shape index (κ2) is 17.0. The van der Waals surface area contributed by atoms with Crippen LogP contribution in [-0.4, -0.2) is 0 Å². The largest absolute Gasteiger partial charge is 0.310 e. The van der Waals surface area contributed by atoms with Crippen molar-refractivity contribution in [3.05, 3.63) is 273 Å². The molecule has 0 radical (unpaired) electrons. The van der Waals surface area contributed by atoms with E-state index in [1.54, 1.807) is 0 Å². The second-order valence-corrected chi connectivity index (χ2v) is 18.0. The van der Waals surface area contributed by atoms with Crippen LogP contribution in [0.5, 0.6) is 0 Å². The molecule has 13 rings (SSSR count). The highest BCUT2D eigenvalue weighted by molar-refractivity contribution is 6.33. The van der Waals surface area contributed by atoms with Gasteiger partial charge in [0, 0.05) is 16.8 Å². The van der Waals surface area contributed by atoms with E-state index in [-0.39, 0.29) is 0 Å². The molecule has 0 aliphatic carbocycles. The summed E-state index contributed by atoms with van der Waals surface area (Å²) in [5, 5.41) is 12.3. The average Bonchev–Trinajstić information content (AvgIpc) is 3.43. The molecular weight excluding hydrogens is 831 g/mol. The van der Waals surface area contributed by atoms with E-state index in [0.29, 0.717) is 0 Å². The minimum absolute atomic E-state index is 1.09. The molecule has 1 heteroatoms. The number of nitrogens with zero attached hydrogens (tertiary/aromatic N) is 1. The van der Waals surface area contributed by atoms with Crippen LogP contribution in [0.2, 0.25) is 0 Å². The van der Waals surface area contributed by atoms with Gasteiger partial charge in [-0.3, -0.25) is 0 Å². The Morgan fingerprint density at radius 1 is 0.217 bits per heavy atom. The van der Waals surface area contributed by atoms with Crippen molar-refractivity contribution in [2.75, 3.05) is 4.90 Å². The predicted octanol–water partition coefficient (Wildman–Crippen LogP) is 19.3. The molecule has 322 valence electrons. The lowest BCUT2D eigenvalue weighted by Gasteiger charge is -2.27. The SMILES string of the molecule is c1ccc(-c2ccc3c(c2)c2cc(-c4ccc5ccccc5c4)ccc2c2c(-c4ccc(N(c5ccccc5)c5cccc6ccccc56)cc4)c(-c4ccccc4)cc(-c4ccccc4)c32)cc1. The van der Waals surface area contributed by atoms with Crippen molar-refractivity contribution in [3.8, 4) is 55.6 Å². The number of fused-ring (bicyclic) bond motifs is 8. The Hall–Kier alpha value is -9.04. The van der Waals surface area contributed by atoms with Gasteiger partial charge < -0.3 is 4.90 Å². The Kier molecular flexibility index (Phi) is 9.91. The Morgan fingerprint density at radius 2 is 0.696 bits per heavy atom. The van der Waals surface area contributed by atoms with Gasteiger partial charge in [-0.05, 0) is 159 Å². The molecule has 13 aromatic rings. The lowest BCUT2D eigenvalue weighted by molar-refractivity contribution is 1.30. The Morgan fingerprint density at radius 3 is 1.38 bits per heavy atom. The fourth-order valence-corrected chi connectivity index (χ4v) is 10.7. The monoisotopic (exact) mass is 875 g/mol. The number of benzene rings is 13. The first-order valence-corrected chi connectivity index (χ1v) is 23.8. The van der Waals surface area contributed by atoms with Gasteiger partial charge in [0.1, 0.15) is 0 Å². The van der Waals surface area contributed by atoms with Gasteiger partial charge in [0.15, 0.2) is 0 Å². The topological polar surface area (TPSA) is 3.24 Å². The number of hydrogen-bond acceptors (Lipinski definition) is 1. The zero-order valence-corrected chi connectivity index (χ0v) is 37.9. The molecule has 0 heterocycles. The van der Waals surface area contributed by atoms with Crippen LogP contribution in [0.1, 0.15) is 0 Å². The van der Waals surface area contributed by atoms with Gasteiger partial charge in [-0.25, -0.2) is 0 Å². The Balaban J connectivity index is 1.13. The zero-order chi connectivity index (χ0) is 45.7. The fraction of sp³-hybridized carbons (Fsp3) is 0. The molecule has 0 aliphatic rings. The molecule has 0 spiro atoms. The summed E-state index contributed by atoms with van der Waals surface area (Å²) in [5.74, 6) is 0. The van der Waals surface area contributed by atoms with E-state index in [1.165, 1.54) is 104 Å². The van der Waals surface area contributed by atoms with Gasteiger partial charge in [0.2, 0.25) is 0 Å². The predicted molar refractivity (Wildman–Crippen MR) is 296 cm³/mol. The molecule has 0 saturated carbocycles. The van der Waals surface area contributed by atoms with Crippen molar-refractivity contribution < 1.29 is 0 Å². The van der Waals surface area contributed by atoms with Gasteiger partial charge in [-0.1, -0.05) is 218 Å². The molecule has 0 fully saturated rings. The third kappa shape index (κ3) is 7.12. The second-order valence-electron chi connectivity index (χ2n) is 18.0. The van der Waals surface area contributed by atoms with Crippen molar-refractivity contribution >= 4 is 70.9 Å². The first-order valence-electron chi connectivity index (χ1n) is 23.8. The van der Waals surface area contributed by atoms with Crippen LogP contribution in [0.15, 0.2) is 273 Å². The van der Waals surface area contributed by atoms with Gasteiger partial charge in [-0.2, -0.15) is 0 Å².